The van der Waals surface area contributed by atoms with Crippen LogP contribution < -0.4 is 10.6 Å². The molecule has 2 aromatic heterocycles. The molecule has 0 aromatic carbocycles. The van der Waals surface area contributed by atoms with Crippen molar-refractivity contribution in [3.63, 3.8) is 0 Å². The number of nitrogens with two attached hydrogens (primary N) is 1. The van der Waals surface area contributed by atoms with Gasteiger partial charge in [0, 0.05) is 13.1 Å². The van der Waals surface area contributed by atoms with Gasteiger partial charge in [0.25, 0.3) is 0 Å². The molecule has 1 saturated heterocycles. The van der Waals surface area contributed by atoms with E-state index in [0.29, 0.717) is 5.92 Å². The summed E-state index contributed by atoms with van der Waals surface area (Å²) in [5, 5.41) is 7.30. The standard InChI is InChI=1S/C13H19N5O/c1-9-11(4-6-19-9)12-15-13(17-16-12)18-5-2-3-10(7-14)8-18/h4,6,10H,2-3,5,7-8,14H2,1H3,(H,15,16,17). The maximum Gasteiger partial charge on any atom is 0.245 e. The van der Waals surface area contributed by atoms with E-state index in [4.69, 9.17) is 10.2 Å². The van der Waals surface area contributed by atoms with E-state index in [1.165, 1.54) is 6.42 Å². The topological polar surface area (TPSA) is 84.0 Å². The van der Waals surface area contributed by atoms with Gasteiger partial charge in [0.1, 0.15) is 5.76 Å². The molecule has 6 nitrogen and oxygen atoms in total. The molecule has 1 unspecified atom stereocenters. The number of H-pyrrole nitrogens is 1. The molecule has 0 bridgehead atoms. The van der Waals surface area contributed by atoms with Gasteiger partial charge >= 0.3 is 0 Å². The predicted octanol–water partition coefficient (Wildman–Crippen LogP) is 1.55. The Morgan fingerprint density at radius 2 is 2.47 bits per heavy atom. The fourth-order valence-corrected chi connectivity index (χ4v) is 2.58. The molecule has 19 heavy (non-hydrogen) atoms. The number of hydrogen-bond acceptors (Lipinski definition) is 5. The minimum Gasteiger partial charge on any atom is -0.469 e. The smallest absolute Gasteiger partial charge is 0.245 e. The van der Waals surface area contributed by atoms with E-state index in [9.17, 15) is 0 Å². The molecule has 0 spiro atoms. The zero-order valence-electron chi connectivity index (χ0n) is 11.1. The van der Waals surface area contributed by atoms with Crippen molar-refractivity contribution < 1.29 is 4.42 Å². The molecular formula is C13H19N5O. The van der Waals surface area contributed by atoms with Gasteiger partial charge in [-0.2, -0.15) is 4.98 Å². The maximum absolute atomic E-state index is 5.76. The Hall–Kier alpha value is -1.82. The largest absolute Gasteiger partial charge is 0.469 e. The van der Waals surface area contributed by atoms with Crippen LogP contribution in [0, 0.1) is 12.8 Å². The second-order valence-electron chi connectivity index (χ2n) is 5.06. The highest BCUT2D eigenvalue weighted by atomic mass is 16.3. The van der Waals surface area contributed by atoms with Crippen LogP contribution >= 0.6 is 0 Å². The van der Waals surface area contributed by atoms with Gasteiger partial charge in [-0.1, -0.05) is 0 Å². The van der Waals surface area contributed by atoms with Crippen molar-refractivity contribution in [3.05, 3.63) is 18.1 Å². The first-order valence-electron chi connectivity index (χ1n) is 6.70. The number of nitrogens with one attached hydrogen (secondary N) is 1. The maximum atomic E-state index is 5.76. The summed E-state index contributed by atoms with van der Waals surface area (Å²) in [4.78, 5) is 6.77. The van der Waals surface area contributed by atoms with Crippen LogP contribution in [0.1, 0.15) is 18.6 Å². The fourth-order valence-electron chi connectivity index (χ4n) is 2.58. The minimum atomic E-state index is 0.548. The molecule has 0 radical (unpaired) electrons. The Morgan fingerprint density at radius 3 is 3.21 bits per heavy atom. The van der Waals surface area contributed by atoms with Crippen LogP contribution in [0.15, 0.2) is 16.7 Å². The zero-order valence-corrected chi connectivity index (χ0v) is 11.1. The average molecular weight is 261 g/mol. The van der Waals surface area contributed by atoms with E-state index < -0.39 is 0 Å². The van der Waals surface area contributed by atoms with Crippen molar-refractivity contribution in [2.24, 2.45) is 11.7 Å². The van der Waals surface area contributed by atoms with Crippen molar-refractivity contribution in [3.8, 4) is 11.4 Å². The van der Waals surface area contributed by atoms with Crippen molar-refractivity contribution in [2.45, 2.75) is 19.8 Å². The number of piperidine rings is 1. The van der Waals surface area contributed by atoms with Crippen LogP contribution in [-0.4, -0.2) is 34.8 Å². The van der Waals surface area contributed by atoms with Gasteiger partial charge in [0.05, 0.1) is 11.8 Å². The van der Waals surface area contributed by atoms with Gasteiger partial charge in [-0.05, 0) is 38.3 Å². The lowest BCUT2D eigenvalue weighted by Crippen LogP contribution is -2.38. The molecule has 0 amide bonds. The molecule has 3 heterocycles. The molecule has 3 rings (SSSR count). The number of aromatic amines is 1. The highest BCUT2D eigenvalue weighted by Gasteiger charge is 2.22. The number of furan rings is 1. The van der Waals surface area contributed by atoms with Gasteiger partial charge in [0.15, 0.2) is 5.82 Å². The van der Waals surface area contributed by atoms with Crippen molar-refractivity contribution in [1.29, 1.82) is 0 Å². The fraction of sp³-hybridized carbons (Fsp3) is 0.538. The third-order valence-electron chi connectivity index (χ3n) is 3.72. The first-order chi connectivity index (χ1) is 9.28. The lowest BCUT2D eigenvalue weighted by Gasteiger charge is -2.31. The molecule has 3 N–H and O–H groups in total. The number of rotatable bonds is 3. The summed E-state index contributed by atoms with van der Waals surface area (Å²) in [6.45, 7) is 4.59. The Balaban J connectivity index is 1.79. The van der Waals surface area contributed by atoms with Gasteiger partial charge in [-0.25, -0.2) is 0 Å². The monoisotopic (exact) mass is 261 g/mol. The number of anilines is 1. The molecule has 1 aliphatic heterocycles. The van der Waals surface area contributed by atoms with Crippen LogP contribution in [0.3, 0.4) is 0 Å². The molecule has 0 saturated carbocycles. The molecule has 1 fully saturated rings. The number of aryl methyl sites for hydroxylation is 1. The van der Waals surface area contributed by atoms with Crippen LogP contribution in [0.2, 0.25) is 0 Å². The first kappa shape index (κ1) is 12.2. The van der Waals surface area contributed by atoms with E-state index in [0.717, 1.165) is 49.2 Å². The first-order valence-corrected chi connectivity index (χ1v) is 6.70. The Morgan fingerprint density at radius 1 is 1.58 bits per heavy atom. The Labute approximate surface area is 112 Å². The highest BCUT2D eigenvalue weighted by molar-refractivity contribution is 5.58. The normalized spacial score (nSPS) is 19.9. The van der Waals surface area contributed by atoms with E-state index in [1.807, 2.05) is 13.0 Å². The van der Waals surface area contributed by atoms with Crippen molar-refractivity contribution >= 4 is 5.95 Å². The Bertz CT molecular complexity index is 547. The summed E-state index contributed by atoms with van der Waals surface area (Å²) in [5.41, 5.74) is 6.72. The second kappa shape index (κ2) is 5.05. The lowest BCUT2D eigenvalue weighted by molar-refractivity contribution is 0.420. The zero-order chi connectivity index (χ0) is 13.2. The number of hydrogen-bond donors (Lipinski definition) is 2. The lowest BCUT2D eigenvalue weighted by atomic mass is 9.99. The second-order valence-corrected chi connectivity index (χ2v) is 5.06. The summed E-state index contributed by atoms with van der Waals surface area (Å²) in [6, 6.07) is 1.90. The predicted molar refractivity (Wildman–Crippen MR) is 72.8 cm³/mol. The van der Waals surface area contributed by atoms with E-state index in [2.05, 4.69) is 20.1 Å². The molecule has 1 aliphatic rings. The van der Waals surface area contributed by atoms with Gasteiger partial charge in [0.2, 0.25) is 5.95 Å². The third-order valence-corrected chi connectivity index (χ3v) is 3.72. The molecule has 2 aromatic rings. The SMILES string of the molecule is Cc1occc1-c1nc(N2CCCC(CN)C2)n[nH]1. The summed E-state index contributed by atoms with van der Waals surface area (Å²) in [5.74, 6) is 2.91. The third kappa shape index (κ3) is 2.35. The van der Waals surface area contributed by atoms with Crippen molar-refractivity contribution in [2.75, 3.05) is 24.5 Å². The van der Waals surface area contributed by atoms with Crippen LogP contribution in [0.5, 0.6) is 0 Å². The molecule has 6 heteroatoms. The van der Waals surface area contributed by atoms with Crippen LogP contribution in [0.25, 0.3) is 11.4 Å². The summed E-state index contributed by atoms with van der Waals surface area (Å²) >= 11 is 0. The average Bonchev–Trinajstić information content (AvgIpc) is 3.07. The quantitative estimate of drug-likeness (QED) is 0.875. The van der Waals surface area contributed by atoms with Crippen LogP contribution in [-0.2, 0) is 0 Å². The van der Waals surface area contributed by atoms with Gasteiger partial charge in [-0.3, -0.25) is 5.10 Å². The summed E-state index contributed by atoms with van der Waals surface area (Å²) in [6.07, 6.45) is 4.01. The number of nitrogens with zero attached hydrogens (tertiary/aromatic N) is 3. The Kier molecular flexibility index (Phi) is 3.25. The minimum absolute atomic E-state index is 0.548. The van der Waals surface area contributed by atoms with E-state index in [1.54, 1.807) is 6.26 Å². The van der Waals surface area contributed by atoms with Gasteiger partial charge in [-0.15, -0.1) is 5.10 Å². The van der Waals surface area contributed by atoms with Crippen molar-refractivity contribution in [1.82, 2.24) is 15.2 Å². The summed E-state index contributed by atoms with van der Waals surface area (Å²) < 4.78 is 5.29. The molecule has 0 aliphatic carbocycles. The number of aromatic nitrogens is 3. The van der Waals surface area contributed by atoms with E-state index >= 15 is 0 Å². The molecule has 102 valence electrons. The van der Waals surface area contributed by atoms with Gasteiger partial charge < -0.3 is 15.1 Å². The highest BCUT2D eigenvalue weighted by Crippen LogP contribution is 2.24. The summed E-state index contributed by atoms with van der Waals surface area (Å²) in [7, 11) is 0. The van der Waals surface area contributed by atoms with E-state index in [-0.39, 0.29) is 0 Å². The molecule has 1 atom stereocenters. The van der Waals surface area contributed by atoms with Crippen LogP contribution in [0.4, 0.5) is 5.95 Å². The molecular weight excluding hydrogens is 242 g/mol.